The van der Waals surface area contributed by atoms with Crippen LogP contribution in [0.25, 0.3) is 0 Å². The topological polar surface area (TPSA) is 107 Å². The van der Waals surface area contributed by atoms with Gasteiger partial charge in [0.05, 0.1) is 30.4 Å². The van der Waals surface area contributed by atoms with Gasteiger partial charge in [-0.3, -0.25) is 15.0 Å². The third-order valence-corrected chi connectivity index (χ3v) is 6.68. The molecule has 6 N–H and O–H groups in total. The number of fused-ring (bicyclic) bond motifs is 1. The van der Waals surface area contributed by atoms with E-state index >= 15 is 0 Å². The number of carbonyl (C=O) groups excluding carboxylic acids is 1. The highest BCUT2D eigenvalue weighted by atomic mass is 19.1. The maximum Gasteiger partial charge on any atom is 0.229 e. The zero-order valence-electron chi connectivity index (χ0n) is 16.6. The number of hydrogen-bond acceptors (Lipinski definition) is 8. The molecule has 0 aromatic carbocycles. The van der Waals surface area contributed by atoms with Crippen molar-refractivity contribution in [2.45, 2.75) is 56.0 Å². The Hall–Kier alpha value is -0.880. The summed E-state index contributed by atoms with van der Waals surface area (Å²) in [5.74, 6) is -0.517. The molecule has 0 aromatic rings. The van der Waals surface area contributed by atoms with Crippen molar-refractivity contribution in [2.75, 3.05) is 46.4 Å². The highest BCUT2D eigenvalue weighted by molar-refractivity contribution is 5.81. The molecule has 1 amide bonds. The Balaban J connectivity index is 1.38. The molecule has 4 rings (SSSR count). The predicted molar refractivity (Wildman–Crippen MR) is 103 cm³/mol. The second kappa shape index (κ2) is 8.86. The first-order valence-electron chi connectivity index (χ1n) is 10.5. The van der Waals surface area contributed by atoms with Crippen LogP contribution in [0.4, 0.5) is 4.39 Å². The summed E-state index contributed by atoms with van der Waals surface area (Å²) in [5.41, 5.74) is 9.23. The van der Waals surface area contributed by atoms with Crippen molar-refractivity contribution in [3.05, 3.63) is 0 Å². The molecule has 6 unspecified atom stereocenters. The van der Waals surface area contributed by atoms with Crippen molar-refractivity contribution >= 4 is 5.91 Å². The minimum atomic E-state index is -0.959. The molecule has 0 spiro atoms. The van der Waals surface area contributed by atoms with Gasteiger partial charge in [0.15, 0.2) is 0 Å². The summed E-state index contributed by atoms with van der Waals surface area (Å²) in [5, 5.41) is 11.5. The van der Waals surface area contributed by atoms with Gasteiger partial charge in [0, 0.05) is 45.9 Å². The smallest absolute Gasteiger partial charge is 0.229 e. The fourth-order valence-electron chi connectivity index (χ4n) is 5.13. The lowest BCUT2D eigenvalue weighted by molar-refractivity contribution is -0.128. The fourth-order valence-corrected chi connectivity index (χ4v) is 5.13. The van der Waals surface area contributed by atoms with Crippen LogP contribution in [0.3, 0.4) is 0 Å². The Bertz CT molecular complexity index is 548. The molecular weight excluding hydrogens is 365 g/mol. The third-order valence-electron chi connectivity index (χ3n) is 6.68. The number of hydrazine groups is 1. The lowest BCUT2D eigenvalue weighted by Gasteiger charge is -2.44. The number of ether oxygens (including phenoxy) is 1. The predicted octanol–water partition coefficient (Wildman–Crippen LogP) is -2.07. The Morgan fingerprint density at radius 2 is 2.04 bits per heavy atom. The molecule has 28 heavy (non-hydrogen) atoms. The number of piperidine rings is 2. The van der Waals surface area contributed by atoms with Gasteiger partial charge >= 0.3 is 0 Å². The van der Waals surface area contributed by atoms with Crippen LogP contribution in [0.1, 0.15) is 19.3 Å². The number of halogens is 1. The van der Waals surface area contributed by atoms with E-state index in [9.17, 15) is 9.18 Å². The number of methoxy groups -OCH3 is 1. The molecule has 4 saturated heterocycles. The minimum absolute atomic E-state index is 0.0408. The van der Waals surface area contributed by atoms with E-state index in [1.807, 2.05) is 0 Å². The summed E-state index contributed by atoms with van der Waals surface area (Å²) in [4.78, 5) is 15.6. The van der Waals surface area contributed by atoms with Crippen LogP contribution in [-0.4, -0.2) is 98.9 Å². The summed E-state index contributed by atoms with van der Waals surface area (Å²) >= 11 is 0. The number of alkyl halides is 1. The van der Waals surface area contributed by atoms with Crippen LogP contribution in [0.15, 0.2) is 0 Å². The molecule has 4 fully saturated rings. The van der Waals surface area contributed by atoms with Crippen molar-refractivity contribution in [1.82, 2.24) is 31.3 Å². The molecule has 0 aromatic heterocycles. The number of amides is 1. The van der Waals surface area contributed by atoms with E-state index in [4.69, 9.17) is 10.5 Å². The van der Waals surface area contributed by atoms with E-state index < -0.39 is 18.3 Å². The zero-order chi connectivity index (χ0) is 19.7. The van der Waals surface area contributed by atoms with Gasteiger partial charge in [-0.25, -0.2) is 14.8 Å². The lowest BCUT2D eigenvalue weighted by atomic mass is 9.94. The van der Waals surface area contributed by atoms with Crippen molar-refractivity contribution < 1.29 is 13.9 Å². The van der Waals surface area contributed by atoms with Gasteiger partial charge in [0.25, 0.3) is 0 Å². The second-order valence-corrected chi connectivity index (χ2v) is 8.43. The van der Waals surface area contributed by atoms with Crippen LogP contribution in [-0.2, 0) is 9.53 Å². The summed E-state index contributed by atoms with van der Waals surface area (Å²) in [6, 6.07) is 0.360. The Labute approximate surface area is 165 Å². The molecular formula is C18H34FN7O2. The molecule has 4 aliphatic heterocycles. The van der Waals surface area contributed by atoms with E-state index in [2.05, 4.69) is 26.3 Å². The lowest BCUT2D eigenvalue weighted by Crippen LogP contribution is -2.64. The number of rotatable bonds is 4. The number of carbonyl (C=O) groups is 1. The van der Waals surface area contributed by atoms with Crippen molar-refractivity contribution in [1.29, 1.82) is 0 Å². The molecule has 9 nitrogen and oxygen atoms in total. The van der Waals surface area contributed by atoms with Crippen molar-refractivity contribution in [2.24, 2.45) is 11.7 Å². The quantitative estimate of drug-likeness (QED) is 0.367. The summed E-state index contributed by atoms with van der Waals surface area (Å²) in [6.07, 6.45) is 1.67. The summed E-state index contributed by atoms with van der Waals surface area (Å²) in [6.45, 7) is 4.20. The molecule has 4 heterocycles. The van der Waals surface area contributed by atoms with E-state index in [1.165, 1.54) is 0 Å². The molecule has 0 radical (unpaired) electrons. The number of nitrogens with two attached hydrogens (primary N) is 1. The third kappa shape index (κ3) is 4.18. The first-order valence-corrected chi connectivity index (χ1v) is 10.5. The molecule has 0 bridgehead atoms. The highest BCUT2D eigenvalue weighted by Gasteiger charge is 2.47. The van der Waals surface area contributed by atoms with Gasteiger partial charge in [-0.15, -0.1) is 0 Å². The Morgan fingerprint density at radius 1 is 1.25 bits per heavy atom. The van der Waals surface area contributed by atoms with Gasteiger partial charge < -0.3 is 21.1 Å². The van der Waals surface area contributed by atoms with Gasteiger partial charge in [-0.2, -0.15) is 0 Å². The Kier molecular flexibility index (Phi) is 6.46. The maximum atomic E-state index is 13.7. The molecule has 10 heteroatoms. The van der Waals surface area contributed by atoms with Crippen LogP contribution >= 0.6 is 0 Å². The normalized spacial score (nSPS) is 41.0. The first kappa shape index (κ1) is 20.4. The molecule has 0 saturated carbocycles. The fraction of sp³-hybridized carbons (Fsp3) is 0.944. The van der Waals surface area contributed by atoms with Crippen molar-refractivity contribution in [3.63, 3.8) is 0 Å². The van der Waals surface area contributed by atoms with E-state index in [0.717, 1.165) is 45.4 Å². The summed E-state index contributed by atoms with van der Waals surface area (Å²) < 4.78 is 19.1. The highest BCUT2D eigenvalue weighted by Crippen LogP contribution is 2.24. The molecule has 6 atom stereocenters. The largest absolute Gasteiger partial charge is 0.381 e. The molecule has 0 aliphatic carbocycles. The first-order chi connectivity index (χ1) is 13.6. The molecule has 160 valence electrons. The van der Waals surface area contributed by atoms with Crippen molar-refractivity contribution in [3.8, 4) is 0 Å². The van der Waals surface area contributed by atoms with Gasteiger partial charge in [-0.1, -0.05) is 0 Å². The van der Waals surface area contributed by atoms with Crippen LogP contribution in [0.5, 0.6) is 0 Å². The SMILES string of the molecule is COC1CCN(C2CCNCC2NC(=O)C2C(N)NN3CC(F)CNC23)CC1. The number of nitrogens with zero attached hydrogens (tertiary/aromatic N) is 2. The Morgan fingerprint density at radius 3 is 2.79 bits per heavy atom. The molecule has 4 aliphatic rings. The summed E-state index contributed by atoms with van der Waals surface area (Å²) in [7, 11) is 1.78. The van der Waals surface area contributed by atoms with E-state index in [0.29, 0.717) is 12.1 Å². The van der Waals surface area contributed by atoms with Crippen LogP contribution in [0.2, 0.25) is 0 Å². The number of hydrogen-bond donors (Lipinski definition) is 5. The van der Waals surface area contributed by atoms with Gasteiger partial charge in [-0.05, 0) is 25.8 Å². The average Bonchev–Trinajstić information content (AvgIpc) is 3.03. The second-order valence-electron chi connectivity index (χ2n) is 8.43. The van der Waals surface area contributed by atoms with Gasteiger partial charge in [0.2, 0.25) is 5.91 Å². The minimum Gasteiger partial charge on any atom is -0.381 e. The van der Waals surface area contributed by atoms with Crippen LogP contribution in [0, 0.1) is 5.92 Å². The van der Waals surface area contributed by atoms with E-state index in [1.54, 1.807) is 12.1 Å². The standard InChI is InChI=1S/C18H34FN7O2/c1-28-12-3-6-25(7-4-12)14-2-5-21-9-13(14)23-18(27)15-16(20)24-26-10-11(19)8-22-17(15)26/h11-17,21-22,24H,2-10,20H2,1H3,(H,23,27). The van der Waals surface area contributed by atoms with Gasteiger partial charge in [0.1, 0.15) is 6.17 Å². The maximum absolute atomic E-state index is 13.7. The monoisotopic (exact) mass is 399 g/mol. The number of nitrogens with one attached hydrogen (secondary N) is 4. The average molecular weight is 400 g/mol. The zero-order valence-corrected chi connectivity index (χ0v) is 16.6. The van der Waals surface area contributed by atoms with Crippen LogP contribution < -0.4 is 27.1 Å². The van der Waals surface area contributed by atoms with E-state index in [-0.39, 0.29) is 31.2 Å². The number of likely N-dealkylation sites (tertiary alicyclic amines) is 1.